The number of carbonyl (C=O) groups is 1. The lowest BCUT2D eigenvalue weighted by atomic mass is 9.78. The van der Waals surface area contributed by atoms with Crippen molar-refractivity contribution >= 4 is 56.1 Å². The van der Waals surface area contributed by atoms with Crippen LogP contribution >= 0.6 is 34.3 Å². The van der Waals surface area contributed by atoms with Gasteiger partial charge in [0.05, 0.1) is 30.7 Å². The monoisotopic (exact) mass is 520 g/mol. The molecule has 0 saturated heterocycles. The zero-order valence-electron chi connectivity index (χ0n) is 17.9. The number of nitrogens with zero attached hydrogens (tertiary/aromatic N) is 3. The fourth-order valence-electron chi connectivity index (χ4n) is 4.51. The number of aromatic amines is 1. The number of halogens is 4. The quantitative estimate of drug-likeness (QED) is 0.262. The molecule has 0 bridgehead atoms. The lowest BCUT2D eigenvalue weighted by molar-refractivity contribution is -0.137. The molecule has 4 heterocycles. The minimum absolute atomic E-state index is 0.0767. The maximum Gasteiger partial charge on any atom is 0.416 e. The Morgan fingerprint density at radius 1 is 1.12 bits per heavy atom. The van der Waals surface area contributed by atoms with Crippen molar-refractivity contribution in [3.8, 4) is 22.1 Å². The summed E-state index contributed by atoms with van der Waals surface area (Å²) in [5, 5.41) is 0. The molecule has 0 atom stereocenters. The van der Waals surface area contributed by atoms with Gasteiger partial charge in [0.1, 0.15) is 11.4 Å². The van der Waals surface area contributed by atoms with E-state index in [2.05, 4.69) is 9.97 Å². The van der Waals surface area contributed by atoms with Crippen LogP contribution in [0.4, 0.5) is 13.2 Å². The number of carbonyl (C=O) groups excluding carboxylic acids is 1. The van der Waals surface area contributed by atoms with E-state index >= 15 is 0 Å². The summed E-state index contributed by atoms with van der Waals surface area (Å²) >= 11 is 8.88. The van der Waals surface area contributed by atoms with E-state index < -0.39 is 11.7 Å². The minimum atomic E-state index is -4.46. The molecular weight excluding hydrogens is 505 g/mol. The molecule has 0 amide bonds. The Hall–Kier alpha value is -2.69. The number of thiophene rings is 1. The molecule has 0 unspecified atom stereocenters. The molecule has 0 saturated carbocycles. The topological polar surface area (TPSA) is 63.0 Å². The van der Waals surface area contributed by atoms with Crippen molar-refractivity contribution in [1.82, 2.24) is 19.4 Å². The van der Waals surface area contributed by atoms with Crippen LogP contribution < -0.4 is 0 Å². The van der Waals surface area contributed by atoms with Crippen molar-refractivity contribution < 1.29 is 18.0 Å². The summed E-state index contributed by atoms with van der Waals surface area (Å²) in [6.07, 6.45) is -3.33. The first-order chi connectivity index (χ1) is 16.0. The highest BCUT2D eigenvalue weighted by Gasteiger charge is 2.37. The molecule has 1 N–H and O–H groups in total. The third kappa shape index (κ3) is 3.38. The molecule has 0 radical (unpaired) electrons. The zero-order valence-corrected chi connectivity index (χ0v) is 20.3. The summed E-state index contributed by atoms with van der Waals surface area (Å²) in [6, 6.07) is 7.06. The van der Waals surface area contributed by atoms with Gasteiger partial charge >= 0.3 is 6.18 Å². The number of thiazole rings is 1. The first kappa shape index (κ1) is 21.8. The van der Waals surface area contributed by atoms with E-state index in [1.165, 1.54) is 28.7 Å². The SMILES string of the molecule is CC1(C)CC(=O)c2sc3nc(-c4ccc(Cl)s4)c(-c4nc5ccc(C(F)(F)F)cc5[nH]4)n3c2C1. The van der Waals surface area contributed by atoms with Crippen molar-refractivity contribution in [2.75, 3.05) is 0 Å². The van der Waals surface area contributed by atoms with Crippen LogP contribution in [0.15, 0.2) is 30.3 Å². The maximum atomic E-state index is 13.3. The highest BCUT2D eigenvalue weighted by molar-refractivity contribution is 7.20. The van der Waals surface area contributed by atoms with Crippen molar-refractivity contribution in [3.63, 3.8) is 0 Å². The Morgan fingerprint density at radius 3 is 2.62 bits per heavy atom. The molecule has 174 valence electrons. The van der Waals surface area contributed by atoms with Gasteiger partial charge in [0.15, 0.2) is 16.6 Å². The number of aromatic nitrogens is 4. The van der Waals surface area contributed by atoms with E-state index in [0.717, 1.165) is 22.7 Å². The molecule has 0 spiro atoms. The van der Waals surface area contributed by atoms with Crippen molar-refractivity contribution in [3.05, 3.63) is 50.8 Å². The van der Waals surface area contributed by atoms with Crippen LogP contribution in [0.5, 0.6) is 0 Å². The Labute approximate surface area is 204 Å². The molecule has 6 rings (SSSR count). The van der Waals surface area contributed by atoms with Gasteiger partial charge in [-0.1, -0.05) is 36.8 Å². The van der Waals surface area contributed by atoms with Gasteiger partial charge in [-0.25, -0.2) is 9.97 Å². The summed E-state index contributed by atoms with van der Waals surface area (Å²) in [6.45, 7) is 4.10. The molecule has 11 heteroatoms. The largest absolute Gasteiger partial charge is 0.416 e. The summed E-state index contributed by atoms with van der Waals surface area (Å²) in [5.74, 6) is 0.464. The van der Waals surface area contributed by atoms with Crippen LogP contribution in [0.3, 0.4) is 0 Å². The smallest absolute Gasteiger partial charge is 0.337 e. The molecule has 1 aliphatic rings. The van der Waals surface area contributed by atoms with Gasteiger partial charge in [-0.05, 0) is 42.2 Å². The van der Waals surface area contributed by atoms with E-state index in [-0.39, 0.29) is 16.7 Å². The van der Waals surface area contributed by atoms with Crippen molar-refractivity contribution in [2.45, 2.75) is 32.9 Å². The second kappa shape index (κ2) is 7.16. The predicted octanol–water partition coefficient (Wildman–Crippen LogP) is 7.49. The van der Waals surface area contributed by atoms with E-state index in [4.69, 9.17) is 16.6 Å². The lowest BCUT2D eigenvalue weighted by Crippen LogP contribution is -2.26. The highest BCUT2D eigenvalue weighted by atomic mass is 35.5. The van der Waals surface area contributed by atoms with Crippen molar-refractivity contribution in [1.29, 1.82) is 0 Å². The lowest BCUT2D eigenvalue weighted by Gasteiger charge is -2.28. The molecule has 4 aromatic heterocycles. The van der Waals surface area contributed by atoms with Gasteiger partial charge < -0.3 is 4.98 Å². The number of hydrogen-bond donors (Lipinski definition) is 1. The standard InChI is InChI=1S/C23H16ClF3N4OS2/c1-22(2)8-13-19(14(32)9-22)34-21-30-17(15-5-6-16(24)33-15)18(31(13)21)20-28-11-4-3-10(23(25,26)27)7-12(11)29-20/h3-7H,8-9H2,1-2H3,(H,28,29). The van der Waals surface area contributed by atoms with E-state index in [9.17, 15) is 18.0 Å². The molecule has 1 aromatic carbocycles. The average Bonchev–Trinajstić information content (AvgIpc) is 3.48. The number of hydrogen-bond acceptors (Lipinski definition) is 5. The first-order valence-electron chi connectivity index (χ1n) is 10.4. The Bertz CT molecular complexity index is 1620. The van der Waals surface area contributed by atoms with Gasteiger partial charge in [0.25, 0.3) is 0 Å². The average molecular weight is 521 g/mol. The van der Waals surface area contributed by atoms with Crippen LogP contribution in [0.2, 0.25) is 4.34 Å². The Balaban J connectivity index is 1.64. The Kier molecular flexibility index (Phi) is 4.59. The summed E-state index contributed by atoms with van der Waals surface area (Å²) in [5.41, 5.74) is 1.80. The molecule has 0 aliphatic heterocycles. The van der Waals surface area contributed by atoms with Crippen LogP contribution in [-0.4, -0.2) is 25.1 Å². The summed E-state index contributed by atoms with van der Waals surface area (Å²) in [7, 11) is 0. The fraction of sp³-hybridized carbons (Fsp3) is 0.261. The number of benzene rings is 1. The number of nitrogens with one attached hydrogen (secondary N) is 1. The number of alkyl halides is 3. The third-order valence-electron chi connectivity index (χ3n) is 5.95. The van der Waals surface area contributed by atoms with Crippen molar-refractivity contribution in [2.24, 2.45) is 5.41 Å². The van der Waals surface area contributed by atoms with Gasteiger partial charge in [-0.2, -0.15) is 13.2 Å². The van der Waals surface area contributed by atoms with Gasteiger partial charge in [-0.3, -0.25) is 9.20 Å². The normalized spacial score (nSPS) is 16.0. The maximum absolute atomic E-state index is 13.3. The Morgan fingerprint density at radius 2 is 1.91 bits per heavy atom. The predicted molar refractivity (Wildman–Crippen MR) is 128 cm³/mol. The fourth-order valence-corrected chi connectivity index (χ4v) is 6.62. The molecular formula is C23H16ClF3N4OS2. The molecule has 5 aromatic rings. The first-order valence-corrected chi connectivity index (χ1v) is 12.4. The second-order valence-corrected chi connectivity index (χ2v) is 11.9. The van der Waals surface area contributed by atoms with E-state index in [0.29, 0.717) is 49.7 Å². The zero-order chi connectivity index (χ0) is 24.0. The van der Waals surface area contributed by atoms with Crippen LogP contribution in [0.1, 0.15) is 41.2 Å². The number of fused-ring (bicyclic) bond motifs is 4. The summed E-state index contributed by atoms with van der Waals surface area (Å²) in [4.78, 5) is 27.5. The summed E-state index contributed by atoms with van der Waals surface area (Å²) < 4.78 is 42.3. The number of rotatable bonds is 2. The number of ketones is 1. The highest BCUT2D eigenvalue weighted by Crippen LogP contribution is 2.44. The minimum Gasteiger partial charge on any atom is -0.337 e. The van der Waals surface area contributed by atoms with E-state index in [1.54, 1.807) is 6.07 Å². The van der Waals surface area contributed by atoms with Crippen LogP contribution in [0, 0.1) is 5.41 Å². The third-order valence-corrected chi connectivity index (χ3v) is 8.31. The number of H-pyrrole nitrogens is 1. The number of imidazole rings is 2. The second-order valence-electron chi connectivity index (χ2n) is 9.16. The van der Waals surface area contributed by atoms with Crippen LogP contribution in [0.25, 0.3) is 38.1 Å². The molecule has 34 heavy (non-hydrogen) atoms. The van der Waals surface area contributed by atoms with Gasteiger partial charge in [-0.15, -0.1) is 11.3 Å². The van der Waals surface area contributed by atoms with Crippen LogP contribution in [-0.2, 0) is 12.6 Å². The van der Waals surface area contributed by atoms with Gasteiger partial charge in [0.2, 0.25) is 0 Å². The van der Waals surface area contributed by atoms with Gasteiger partial charge in [0, 0.05) is 12.1 Å². The molecule has 5 nitrogen and oxygen atoms in total. The molecule has 1 aliphatic carbocycles. The van der Waals surface area contributed by atoms with E-state index in [1.807, 2.05) is 24.3 Å². The molecule has 0 fully saturated rings. The number of Topliss-reactive ketones (excluding diaryl/α,β-unsaturated/α-hetero) is 1.